The van der Waals surface area contributed by atoms with Crippen LogP contribution < -0.4 is 16.1 Å². The maximum atomic E-state index is 13.1. The van der Waals surface area contributed by atoms with Gasteiger partial charge in [-0.1, -0.05) is 6.07 Å². The monoisotopic (exact) mass is 385 g/mol. The number of nitro groups is 1. The summed E-state index contributed by atoms with van der Waals surface area (Å²) in [5.41, 5.74) is 6.38. The van der Waals surface area contributed by atoms with Crippen molar-refractivity contribution in [2.75, 3.05) is 10.3 Å². The van der Waals surface area contributed by atoms with Gasteiger partial charge in [-0.3, -0.25) is 24.7 Å². The van der Waals surface area contributed by atoms with Gasteiger partial charge in [0.2, 0.25) is 5.91 Å². The molecule has 0 aliphatic carbocycles. The summed E-state index contributed by atoms with van der Waals surface area (Å²) in [6.07, 6.45) is -0.0491. The van der Waals surface area contributed by atoms with Crippen LogP contribution in [0.2, 0.25) is 0 Å². The first kappa shape index (κ1) is 19.0. The third-order valence-corrected chi connectivity index (χ3v) is 4.26. The molecule has 0 fully saturated rings. The fourth-order valence-corrected chi connectivity index (χ4v) is 2.79. The van der Waals surface area contributed by atoms with E-state index < -0.39 is 28.6 Å². The Balaban J connectivity index is 1.84. The normalized spacial score (nSPS) is 15.9. The molecule has 1 aliphatic heterocycles. The number of nitro benzene ring substituents is 1. The van der Waals surface area contributed by atoms with Crippen molar-refractivity contribution in [3.05, 3.63) is 64.0 Å². The van der Waals surface area contributed by atoms with Gasteiger partial charge < -0.3 is 11.1 Å². The standard InChI is InChI=1S/C18H16FN5O4/c1-10-2-5-12(8-15(10)24(27)28)21-18(26)14-9-16(17(20)25)23(22-14)13-6-3-11(19)4-7-13/h2-8,16H,9H2,1H3,(H2,20,25)(H,21,26). The Morgan fingerprint density at radius 2 is 1.96 bits per heavy atom. The number of nitrogens with zero attached hydrogens (tertiary/aromatic N) is 3. The average molecular weight is 385 g/mol. The van der Waals surface area contributed by atoms with Crippen molar-refractivity contribution >= 4 is 34.6 Å². The molecule has 2 aromatic rings. The van der Waals surface area contributed by atoms with E-state index in [9.17, 15) is 24.1 Å². The highest BCUT2D eigenvalue weighted by Gasteiger charge is 2.35. The van der Waals surface area contributed by atoms with Gasteiger partial charge in [-0.2, -0.15) is 5.10 Å². The molecule has 0 bridgehead atoms. The third-order valence-electron chi connectivity index (χ3n) is 4.26. The third kappa shape index (κ3) is 3.80. The van der Waals surface area contributed by atoms with E-state index in [1.807, 2.05) is 0 Å². The first-order valence-corrected chi connectivity index (χ1v) is 8.24. The molecule has 3 rings (SSSR count). The molecule has 10 heteroatoms. The molecule has 1 atom stereocenters. The molecule has 9 nitrogen and oxygen atoms in total. The van der Waals surface area contributed by atoms with Crippen molar-refractivity contribution in [1.29, 1.82) is 0 Å². The second kappa shape index (κ2) is 7.43. The zero-order valence-electron chi connectivity index (χ0n) is 14.8. The van der Waals surface area contributed by atoms with E-state index in [0.717, 1.165) is 0 Å². The van der Waals surface area contributed by atoms with Crippen molar-refractivity contribution in [3.63, 3.8) is 0 Å². The fourth-order valence-electron chi connectivity index (χ4n) is 2.79. The Hall–Kier alpha value is -3.82. The van der Waals surface area contributed by atoms with Crippen molar-refractivity contribution in [2.45, 2.75) is 19.4 Å². The number of benzene rings is 2. The van der Waals surface area contributed by atoms with Gasteiger partial charge in [-0.15, -0.1) is 0 Å². The predicted octanol–water partition coefficient (Wildman–Crippen LogP) is 2.10. The summed E-state index contributed by atoms with van der Waals surface area (Å²) in [6.45, 7) is 1.59. The van der Waals surface area contributed by atoms with Crippen molar-refractivity contribution < 1.29 is 18.9 Å². The largest absolute Gasteiger partial charge is 0.368 e. The predicted molar refractivity (Wildman–Crippen MR) is 100 cm³/mol. The number of carbonyl (C=O) groups excluding carboxylic acids is 2. The number of aryl methyl sites for hydroxylation is 1. The Bertz CT molecular complexity index is 990. The Labute approximate surface area is 158 Å². The lowest BCUT2D eigenvalue weighted by Gasteiger charge is -2.20. The van der Waals surface area contributed by atoms with Crippen LogP contribution in [-0.4, -0.2) is 28.5 Å². The van der Waals surface area contributed by atoms with Gasteiger partial charge in [0.15, 0.2) is 0 Å². The van der Waals surface area contributed by atoms with Gasteiger partial charge in [-0.05, 0) is 37.3 Å². The van der Waals surface area contributed by atoms with Gasteiger partial charge in [0.25, 0.3) is 11.6 Å². The topological polar surface area (TPSA) is 131 Å². The average Bonchev–Trinajstić information content (AvgIpc) is 3.09. The summed E-state index contributed by atoms with van der Waals surface area (Å²) in [5, 5.41) is 19.0. The minimum absolute atomic E-state index is 0.0244. The van der Waals surface area contributed by atoms with Crippen LogP contribution in [0.4, 0.5) is 21.5 Å². The van der Waals surface area contributed by atoms with Crippen LogP contribution in [0.15, 0.2) is 47.6 Å². The lowest BCUT2D eigenvalue weighted by atomic mass is 10.1. The SMILES string of the molecule is Cc1ccc(NC(=O)C2=NN(c3ccc(F)cc3)C(C(N)=O)C2)cc1[N+](=O)[O-]. The van der Waals surface area contributed by atoms with Crippen LogP contribution in [0.5, 0.6) is 0 Å². The van der Waals surface area contributed by atoms with E-state index in [-0.39, 0.29) is 23.5 Å². The van der Waals surface area contributed by atoms with E-state index in [1.54, 1.807) is 6.92 Å². The molecule has 0 saturated carbocycles. The van der Waals surface area contributed by atoms with E-state index in [1.165, 1.54) is 47.5 Å². The minimum Gasteiger partial charge on any atom is -0.368 e. The molecule has 0 spiro atoms. The number of hydrazone groups is 1. The van der Waals surface area contributed by atoms with Gasteiger partial charge >= 0.3 is 0 Å². The van der Waals surface area contributed by atoms with Crippen LogP contribution >= 0.6 is 0 Å². The van der Waals surface area contributed by atoms with Crippen molar-refractivity contribution in [2.24, 2.45) is 10.8 Å². The first-order valence-electron chi connectivity index (χ1n) is 8.24. The fraction of sp³-hybridized carbons (Fsp3) is 0.167. The second-order valence-electron chi connectivity index (χ2n) is 6.20. The maximum Gasteiger partial charge on any atom is 0.274 e. The smallest absolute Gasteiger partial charge is 0.274 e. The molecular formula is C18H16FN5O4. The molecule has 144 valence electrons. The van der Waals surface area contributed by atoms with Gasteiger partial charge in [0.05, 0.1) is 10.6 Å². The van der Waals surface area contributed by atoms with E-state index in [4.69, 9.17) is 5.73 Å². The van der Waals surface area contributed by atoms with Crippen molar-refractivity contribution in [3.8, 4) is 0 Å². The molecule has 0 saturated heterocycles. The number of hydrogen-bond acceptors (Lipinski definition) is 6. The molecular weight excluding hydrogens is 369 g/mol. The number of rotatable bonds is 5. The summed E-state index contributed by atoms with van der Waals surface area (Å²) in [5.74, 6) is -1.77. The highest BCUT2D eigenvalue weighted by atomic mass is 19.1. The summed E-state index contributed by atoms with van der Waals surface area (Å²) in [7, 11) is 0. The van der Waals surface area contributed by atoms with Crippen LogP contribution in [0.25, 0.3) is 0 Å². The number of anilines is 2. The zero-order chi connectivity index (χ0) is 20.4. The lowest BCUT2D eigenvalue weighted by Crippen LogP contribution is -2.39. The number of carbonyl (C=O) groups is 2. The number of primary amides is 1. The van der Waals surface area contributed by atoms with E-state index >= 15 is 0 Å². The van der Waals surface area contributed by atoms with Gasteiger partial charge in [0, 0.05) is 23.7 Å². The quantitative estimate of drug-likeness (QED) is 0.601. The summed E-state index contributed by atoms with van der Waals surface area (Å²) < 4.78 is 13.1. The molecule has 28 heavy (non-hydrogen) atoms. The van der Waals surface area contributed by atoms with Crippen LogP contribution in [0.1, 0.15) is 12.0 Å². The molecule has 2 aromatic carbocycles. The molecule has 1 heterocycles. The summed E-state index contributed by atoms with van der Waals surface area (Å²) in [6, 6.07) is 8.61. The van der Waals surface area contributed by atoms with E-state index in [2.05, 4.69) is 10.4 Å². The minimum atomic E-state index is -0.904. The maximum absolute atomic E-state index is 13.1. The Morgan fingerprint density at radius 1 is 1.29 bits per heavy atom. The Kier molecular flexibility index (Phi) is 5.03. The Morgan fingerprint density at radius 3 is 2.57 bits per heavy atom. The van der Waals surface area contributed by atoms with Gasteiger partial charge in [0.1, 0.15) is 17.6 Å². The molecule has 0 radical (unpaired) electrons. The van der Waals surface area contributed by atoms with Crippen LogP contribution in [-0.2, 0) is 9.59 Å². The highest BCUT2D eigenvalue weighted by molar-refractivity contribution is 6.44. The summed E-state index contributed by atoms with van der Waals surface area (Å²) in [4.78, 5) is 34.8. The first-order chi connectivity index (χ1) is 13.3. The second-order valence-corrected chi connectivity index (χ2v) is 6.20. The van der Waals surface area contributed by atoms with Crippen molar-refractivity contribution in [1.82, 2.24) is 0 Å². The highest BCUT2D eigenvalue weighted by Crippen LogP contribution is 2.26. The molecule has 1 aliphatic rings. The molecule has 3 N–H and O–H groups in total. The molecule has 2 amide bonds. The summed E-state index contributed by atoms with van der Waals surface area (Å²) >= 11 is 0. The number of nitrogens with two attached hydrogens (primary N) is 1. The van der Waals surface area contributed by atoms with Crippen LogP contribution in [0.3, 0.4) is 0 Å². The van der Waals surface area contributed by atoms with E-state index in [0.29, 0.717) is 11.3 Å². The lowest BCUT2D eigenvalue weighted by molar-refractivity contribution is -0.385. The number of amides is 2. The van der Waals surface area contributed by atoms with Crippen LogP contribution in [0, 0.1) is 22.9 Å². The number of hydrogen-bond donors (Lipinski definition) is 2. The number of nitrogens with one attached hydrogen (secondary N) is 1. The molecule has 0 aromatic heterocycles. The van der Waals surface area contributed by atoms with Gasteiger partial charge in [-0.25, -0.2) is 4.39 Å². The molecule has 1 unspecified atom stereocenters. The number of halogens is 1. The zero-order valence-corrected chi connectivity index (χ0v) is 14.8.